The largest absolute Gasteiger partial charge is 0.416 e. The third-order valence-corrected chi connectivity index (χ3v) is 8.62. The van der Waals surface area contributed by atoms with Gasteiger partial charge in [-0.15, -0.1) is 0 Å². The van der Waals surface area contributed by atoms with Crippen molar-refractivity contribution in [1.82, 2.24) is 9.78 Å². The summed E-state index contributed by atoms with van der Waals surface area (Å²) in [5.74, 6) is 1.10. The summed E-state index contributed by atoms with van der Waals surface area (Å²) in [6, 6.07) is 8.02. The molecule has 3 aromatic rings. The van der Waals surface area contributed by atoms with E-state index in [1.54, 1.807) is 28.9 Å². The Morgan fingerprint density at radius 1 is 0.810 bits per heavy atom. The van der Waals surface area contributed by atoms with E-state index < -0.39 is 23.5 Å². The van der Waals surface area contributed by atoms with Crippen molar-refractivity contribution in [1.29, 1.82) is 0 Å². The first-order chi connectivity index (χ1) is 19.9. The van der Waals surface area contributed by atoms with Gasteiger partial charge in [0.25, 0.3) is 0 Å². The second-order valence-electron chi connectivity index (χ2n) is 11.8. The van der Waals surface area contributed by atoms with E-state index in [2.05, 4.69) is 29.1 Å². The lowest BCUT2D eigenvalue weighted by Gasteiger charge is -2.33. The van der Waals surface area contributed by atoms with Gasteiger partial charge < -0.3 is 9.80 Å². The van der Waals surface area contributed by atoms with Crippen molar-refractivity contribution in [2.75, 3.05) is 22.9 Å². The average Bonchev–Trinajstić information content (AvgIpc) is 3.59. The van der Waals surface area contributed by atoms with Crippen LogP contribution in [0.2, 0.25) is 0 Å². The molecule has 4 nitrogen and oxygen atoms in total. The number of hydrogen-bond donors (Lipinski definition) is 0. The van der Waals surface area contributed by atoms with Gasteiger partial charge in [-0.25, -0.2) is 0 Å². The van der Waals surface area contributed by atoms with Crippen LogP contribution in [0.4, 0.5) is 37.8 Å². The maximum Gasteiger partial charge on any atom is 0.416 e. The van der Waals surface area contributed by atoms with Gasteiger partial charge in [-0.3, -0.25) is 4.68 Å². The van der Waals surface area contributed by atoms with Crippen LogP contribution in [-0.2, 0) is 45.3 Å². The summed E-state index contributed by atoms with van der Waals surface area (Å²) in [7, 11) is 1.73. The van der Waals surface area contributed by atoms with Crippen molar-refractivity contribution in [2.24, 2.45) is 13.0 Å². The molecular weight excluding hydrogens is 554 g/mol. The first-order valence-corrected chi connectivity index (χ1v) is 14.8. The fourth-order valence-electron chi connectivity index (χ4n) is 6.49. The molecule has 5 rings (SSSR count). The van der Waals surface area contributed by atoms with Crippen LogP contribution in [0.15, 0.2) is 42.6 Å². The quantitative estimate of drug-likeness (QED) is 0.233. The fraction of sp³-hybridized carbons (Fsp3) is 0.531. The molecule has 42 heavy (non-hydrogen) atoms. The maximum absolute atomic E-state index is 13.6. The number of nitrogens with zero attached hydrogens (tertiary/aromatic N) is 4. The van der Waals surface area contributed by atoms with Crippen molar-refractivity contribution in [3.8, 4) is 0 Å². The highest BCUT2D eigenvalue weighted by Gasteiger charge is 2.37. The Bertz CT molecular complexity index is 1340. The number of halogens is 6. The Kier molecular flexibility index (Phi) is 8.81. The van der Waals surface area contributed by atoms with Gasteiger partial charge in [0.05, 0.1) is 11.1 Å². The van der Waals surface area contributed by atoms with Gasteiger partial charge in [0.15, 0.2) is 5.82 Å². The summed E-state index contributed by atoms with van der Waals surface area (Å²) in [5.41, 5.74) is 2.02. The Balaban J connectivity index is 1.53. The molecule has 0 radical (unpaired) electrons. The topological polar surface area (TPSA) is 24.3 Å². The second kappa shape index (κ2) is 12.2. The van der Waals surface area contributed by atoms with Gasteiger partial charge >= 0.3 is 12.4 Å². The highest BCUT2D eigenvalue weighted by atomic mass is 19.4. The lowest BCUT2D eigenvalue weighted by molar-refractivity contribution is -0.143. The molecule has 2 aliphatic rings. The van der Waals surface area contributed by atoms with E-state index in [9.17, 15) is 26.3 Å². The Morgan fingerprint density at radius 2 is 1.45 bits per heavy atom. The summed E-state index contributed by atoms with van der Waals surface area (Å²) in [6.45, 7) is 4.04. The number of fused-ring (bicyclic) bond motifs is 1. The summed E-state index contributed by atoms with van der Waals surface area (Å²) < 4.78 is 83.5. The predicted octanol–water partition coefficient (Wildman–Crippen LogP) is 8.56. The van der Waals surface area contributed by atoms with E-state index in [-0.39, 0.29) is 18.2 Å². The number of rotatable bonds is 9. The van der Waals surface area contributed by atoms with Crippen molar-refractivity contribution < 1.29 is 26.3 Å². The highest BCUT2D eigenvalue weighted by molar-refractivity contribution is 5.60. The highest BCUT2D eigenvalue weighted by Crippen LogP contribution is 2.38. The molecule has 2 aliphatic carbocycles. The van der Waals surface area contributed by atoms with Crippen LogP contribution in [0.3, 0.4) is 0 Å². The van der Waals surface area contributed by atoms with Crippen LogP contribution in [0, 0.1) is 5.92 Å². The molecule has 1 heterocycles. The number of anilines is 2. The van der Waals surface area contributed by atoms with Crippen LogP contribution in [0.1, 0.15) is 78.8 Å². The summed E-state index contributed by atoms with van der Waals surface area (Å²) in [5, 5.41) is 4.49. The molecule has 228 valence electrons. The molecule has 0 N–H and O–H groups in total. The van der Waals surface area contributed by atoms with Gasteiger partial charge in [0, 0.05) is 51.2 Å². The number of benzene rings is 2. The molecule has 0 atom stereocenters. The number of alkyl halides is 6. The van der Waals surface area contributed by atoms with Gasteiger partial charge in [0.1, 0.15) is 0 Å². The number of aryl methyl sites for hydroxylation is 3. The van der Waals surface area contributed by atoms with Crippen LogP contribution >= 0.6 is 0 Å². The first kappa shape index (κ1) is 30.3. The van der Waals surface area contributed by atoms with Crippen LogP contribution in [-0.4, -0.2) is 22.9 Å². The SMILES string of the molecule is CCN(CC1CCCCC1)c1cc2c(cc1CN(Cc1cc(C(F)(F)F)cc(C(F)(F)F)c1)c1ccn(C)n1)CCC2. The molecule has 1 fully saturated rings. The minimum absolute atomic E-state index is 0.0694. The van der Waals surface area contributed by atoms with Gasteiger partial charge in [0.2, 0.25) is 0 Å². The zero-order chi connectivity index (χ0) is 30.1. The van der Waals surface area contributed by atoms with Crippen molar-refractivity contribution in [3.63, 3.8) is 0 Å². The van der Waals surface area contributed by atoms with E-state index >= 15 is 0 Å². The molecule has 0 aliphatic heterocycles. The average molecular weight is 593 g/mol. The fourth-order valence-corrected chi connectivity index (χ4v) is 6.49. The van der Waals surface area contributed by atoms with Gasteiger partial charge in [-0.2, -0.15) is 31.4 Å². The Morgan fingerprint density at radius 3 is 2.02 bits per heavy atom. The van der Waals surface area contributed by atoms with E-state index in [1.807, 2.05) is 0 Å². The third kappa shape index (κ3) is 7.06. The third-order valence-electron chi connectivity index (χ3n) is 8.62. The Labute approximate surface area is 243 Å². The standard InChI is InChI=1S/C32H38F6N4/c1-3-41(19-22-8-5-4-6-9-22)29-17-25-11-7-10-24(25)16-26(29)21-42(30-12-13-40(2)39-30)20-23-14-27(31(33,34)35)18-28(15-23)32(36,37)38/h12-18,22H,3-11,19-21H2,1-2H3. The molecular formula is C32H38F6N4. The molecule has 0 bridgehead atoms. The molecule has 0 unspecified atom stereocenters. The normalized spacial score (nSPS) is 16.1. The van der Waals surface area contributed by atoms with Crippen molar-refractivity contribution in [2.45, 2.75) is 83.7 Å². The smallest absolute Gasteiger partial charge is 0.371 e. The molecule has 1 saturated carbocycles. The zero-order valence-electron chi connectivity index (χ0n) is 24.2. The zero-order valence-corrected chi connectivity index (χ0v) is 24.2. The maximum atomic E-state index is 13.6. The minimum atomic E-state index is -4.90. The van der Waals surface area contributed by atoms with Gasteiger partial charge in [-0.05, 0) is 91.5 Å². The first-order valence-electron chi connectivity index (χ1n) is 14.8. The van der Waals surface area contributed by atoms with E-state index in [0.29, 0.717) is 18.3 Å². The molecule has 0 spiro atoms. The van der Waals surface area contributed by atoms with Crippen molar-refractivity contribution >= 4 is 11.5 Å². The molecule has 0 saturated heterocycles. The lowest BCUT2D eigenvalue weighted by Crippen LogP contribution is -2.32. The number of hydrogen-bond acceptors (Lipinski definition) is 3. The molecule has 0 amide bonds. The van der Waals surface area contributed by atoms with E-state index in [4.69, 9.17) is 0 Å². The van der Waals surface area contributed by atoms with Crippen LogP contribution in [0.5, 0.6) is 0 Å². The van der Waals surface area contributed by atoms with Crippen molar-refractivity contribution in [3.05, 3.63) is 76.0 Å². The predicted molar refractivity (Wildman–Crippen MR) is 152 cm³/mol. The number of aromatic nitrogens is 2. The van der Waals surface area contributed by atoms with Crippen LogP contribution < -0.4 is 9.80 Å². The van der Waals surface area contributed by atoms with E-state index in [1.165, 1.54) is 43.2 Å². The van der Waals surface area contributed by atoms with Crippen LogP contribution in [0.25, 0.3) is 0 Å². The molecule has 10 heteroatoms. The summed E-state index contributed by atoms with van der Waals surface area (Å²) >= 11 is 0. The lowest BCUT2D eigenvalue weighted by atomic mass is 9.88. The summed E-state index contributed by atoms with van der Waals surface area (Å²) in [6.07, 6.45) is 1.12. The van der Waals surface area contributed by atoms with Gasteiger partial charge in [-0.1, -0.05) is 25.3 Å². The molecule has 1 aromatic heterocycles. The Hall–Kier alpha value is -3.17. The summed E-state index contributed by atoms with van der Waals surface area (Å²) in [4.78, 5) is 4.19. The second-order valence-corrected chi connectivity index (χ2v) is 11.8. The molecule has 2 aromatic carbocycles. The van der Waals surface area contributed by atoms with E-state index in [0.717, 1.165) is 55.7 Å². The minimum Gasteiger partial charge on any atom is -0.371 e. The monoisotopic (exact) mass is 592 g/mol.